The van der Waals surface area contributed by atoms with Gasteiger partial charge in [-0.25, -0.2) is 0 Å². The third-order valence-electron chi connectivity index (χ3n) is 3.27. The number of hydrogen-bond donors (Lipinski definition) is 1. The summed E-state index contributed by atoms with van der Waals surface area (Å²) in [6.45, 7) is 1.98. The Balaban J connectivity index is 1.90. The van der Waals surface area contributed by atoms with E-state index in [2.05, 4.69) is 10.3 Å². The average Bonchev–Trinajstić information content (AvgIpc) is 2.40. The average molecular weight is 233 g/mol. The predicted molar refractivity (Wildman–Crippen MR) is 66.6 cm³/mol. The number of pyridine rings is 1. The summed E-state index contributed by atoms with van der Waals surface area (Å²) in [4.78, 5) is 18.1. The quantitative estimate of drug-likeness (QED) is 0.841. The molecule has 1 atom stereocenters. The van der Waals surface area contributed by atoms with E-state index in [1.165, 1.54) is 0 Å². The lowest BCUT2D eigenvalue weighted by molar-refractivity contribution is -0.131. The largest absolute Gasteiger partial charge is 0.341 e. The molecular formula is C13H19N3O. The third-order valence-corrected chi connectivity index (χ3v) is 3.27. The zero-order valence-electron chi connectivity index (χ0n) is 10.2. The molecule has 1 aromatic heterocycles. The van der Waals surface area contributed by atoms with Crippen molar-refractivity contribution in [3.63, 3.8) is 0 Å². The number of nitrogens with one attached hydrogen (secondary N) is 1. The van der Waals surface area contributed by atoms with Gasteiger partial charge in [-0.15, -0.1) is 0 Å². The second-order valence-corrected chi connectivity index (χ2v) is 4.50. The number of amides is 1. The van der Waals surface area contributed by atoms with Gasteiger partial charge in [0.25, 0.3) is 0 Å². The molecular weight excluding hydrogens is 214 g/mol. The number of likely N-dealkylation sites (N-methyl/N-ethyl adjacent to an activating group) is 1. The molecule has 1 saturated heterocycles. The minimum Gasteiger partial charge on any atom is -0.341 e. The molecule has 17 heavy (non-hydrogen) atoms. The Morgan fingerprint density at radius 3 is 3.12 bits per heavy atom. The summed E-state index contributed by atoms with van der Waals surface area (Å²) in [5.74, 6) is 0.150. The summed E-state index contributed by atoms with van der Waals surface area (Å²) in [6, 6.07) is 6.01. The van der Waals surface area contributed by atoms with Gasteiger partial charge in [0.05, 0.1) is 6.42 Å². The van der Waals surface area contributed by atoms with Crippen LogP contribution in [0.4, 0.5) is 0 Å². The molecule has 0 spiro atoms. The Morgan fingerprint density at radius 2 is 2.47 bits per heavy atom. The topological polar surface area (TPSA) is 45.2 Å². The second kappa shape index (κ2) is 5.77. The maximum Gasteiger partial charge on any atom is 0.228 e. The monoisotopic (exact) mass is 233 g/mol. The van der Waals surface area contributed by atoms with Crippen LogP contribution in [0, 0.1) is 0 Å². The molecule has 1 aromatic rings. The summed E-state index contributed by atoms with van der Waals surface area (Å²) in [7, 11) is 1.89. The van der Waals surface area contributed by atoms with E-state index in [9.17, 15) is 4.79 Å². The van der Waals surface area contributed by atoms with Crippen molar-refractivity contribution in [3.8, 4) is 0 Å². The molecule has 0 radical (unpaired) electrons. The molecule has 1 amide bonds. The summed E-state index contributed by atoms with van der Waals surface area (Å²) in [5, 5.41) is 3.32. The number of carbonyl (C=O) groups is 1. The molecule has 2 heterocycles. The normalized spacial score (nSPS) is 19.9. The van der Waals surface area contributed by atoms with Gasteiger partial charge in [0.2, 0.25) is 5.91 Å². The van der Waals surface area contributed by atoms with E-state index >= 15 is 0 Å². The van der Waals surface area contributed by atoms with Crippen LogP contribution in [0.2, 0.25) is 0 Å². The molecule has 2 rings (SSSR count). The van der Waals surface area contributed by atoms with Gasteiger partial charge in [-0.1, -0.05) is 6.07 Å². The van der Waals surface area contributed by atoms with Crippen molar-refractivity contribution in [2.24, 2.45) is 0 Å². The van der Waals surface area contributed by atoms with Crippen LogP contribution in [0.15, 0.2) is 24.4 Å². The Bertz CT molecular complexity index is 360. The fourth-order valence-electron chi connectivity index (χ4n) is 2.15. The lowest BCUT2D eigenvalue weighted by Gasteiger charge is -2.31. The molecule has 4 heteroatoms. The first-order chi connectivity index (χ1) is 8.27. The molecule has 1 N–H and O–H groups in total. The van der Waals surface area contributed by atoms with Crippen LogP contribution in [0.3, 0.4) is 0 Å². The minimum absolute atomic E-state index is 0.150. The molecule has 0 bridgehead atoms. The Hall–Kier alpha value is -1.42. The predicted octanol–water partition coefficient (Wildman–Crippen LogP) is 0.834. The van der Waals surface area contributed by atoms with E-state index in [1.807, 2.05) is 30.1 Å². The third kappa shape index (κ3) is 3.27. The fourth-order valence-corrected chi connectivity index (χ4v) is 2.15. The number of piperidine rings is 1. The highest BCUT2D eigenvalue weighted by Crippen LogP contribution is 2.10. The highest BCUT2D eigenvalue weighted by Gasteiger charge is 2.21. The number of rotatable bonds is 3. The van der Waals surface area contributed by atoms with E-state index in [0.29, 0.717) is 12.5 Å². The van der Waals surface area contributed by atoms with Crippen molar-refractivity contribution in [3.05, 3.63) is 30.1 Å². The lowest BCUT2D eigenvalue weighted by atomic mass is 10.1. The number of aromatic nitrogens is 1. The van der Waals surface area contributed by atoms with Crippen molar-refractivity contribution in [1.29, 1.82) is 0 Å². The van der Waals surface area contributed by atoms with Crippen molar-refractivity contribution in [2.75, 3.05) is 20.1 Å². The molecule has 1 aliphatic heterocycles. The molecule has 1 unspecified atom stereocenters. The van der Waals surface area contributed by atoms with Crippen molar-refractivity contribution >= 4 is 5.91 Å². The van der Waals surface area contributed by atoms with E-state index in [4.69, 9.17) is 0 Å². The minimum atomic E-state index is 0.150. The van der Waals surface area contributed by atoms with E-state index in [-0.39, 0.29) is 5.91 Å². The van der Waals surface area contributed by atoms with E-state index in [0.717, 1.165) is 31.6 Å². The Kier molecular flexibility index (Phi) is 4.09. The summed E-state index contributed by atoms with van der Waals surface area (Å²) >= 11 is 0. The zero-order valence-corrected chi connectivity index (χ0v) is 10.2. The second-order valence-electron chi connectivity index (χ2n) is 4.50. The first-order valence-electron chi connectivity index (χ1n) is 6.13. The van der Waals surface area contributed by atoms with Crippen LogP contribution in [0.25, 0.3) is 0 Å². The van der Waals surface area contributed by atoms with Gasteiger partial charge in [-0.3, -0.25) is 9.78 Å². The Morgan fingerprint density at radius 1 is 1.59 bits per heavy atom. The molecule has 1 fully saturated rings. The molecule has 0 saturated carbocycles. The van der Waals surface area contributed by atoms with Gasteiger partial charge in [-0.05, 0) is 31.5 Å². The zero-order chi connectivity index (χ0) is 12.1. The van der Waals surface area contributed by atoms with E-state index < -0.39 is 0 Å². The highest BCUT2D eigenvalue weighted by atomic mass is 16.2. The van der Waals surface area contributed by atoms with E-state index in [1.54, 1.807) is 6.20 Å². The number of carbonyl (C=O) groups excluding carboxylic acids is 1. The smallest absolute Gasteiger partial charge is 0.228 e. The standard InChI is InChI=1S/C13H19N3O/c1-16(12-6-4-7-14-10-12)13(17)9-11-5-2-3-8-15-11/h2-3,5,8,12,14H,4,6-7,9-10H2,1H3. The summed E-state index contributed by atoms with van der Waals surface area (Å²) in [6.07, 6.45) is 4.36. The van der Waals surface area contributed by atoms with Gasteiger partial charge < -0.3 is 10.2 Å². The number of nitrogens with zero attached hydrogens (tertiary/aromatic N) is 2. The van der Waals surface area contributed by atoms with Crippen LogP contribution >= 0.6 is 0 Å². The van der Waals surface area contributed by atoms with Crippen LogP contribution in [-0.4, -0.2) is 42.0 Å². The maximum absolute atomic E-state index is 12.1. The fraction of sp³-hybridized carbons (Fsp3) is 0.538. The van der Waals surface area contributed by atoms with Crippen molar-refractivity contribution in [2.45, 2.75) is 25.3 Å². The van der Waals surface area contributed by atoms with Gasteiger partial charge in [0.1, 0.15) is 0 Å². The Labute approximate surface area is 102 Å². The van der Waals surface area contributed by atoms with Gasteiger partial charge in [-0.2, -0.15) is 0 Å². The summed E-state index contributed by atoms with van der Waals surface area (Å²) in [5.41, 5.74) is 0.841. The van der Waals surface area contributed by atoms with Crippen LogP contribution in [-0.2, 0) is 11.2 Å². The molecule has 0 aliphatic carbocycles. The lowest BCUT2D eigenvalue weighted by Crippen LogP contribution is -2.47. The van der Waals surface area contributed by atoms with Crippen LogP contribution in [0.5, 0.6) is 0 Å². The number of hydrogen-bond acceptors (Lipinski definition) is 3. The van der Waals surface area contributed by atoms with Crippen LogP contribution < -0.4 is 5.32 Å². The van der Waals surface area contributed by atoms with Crippen molar-refractivity contribution in [1.82, 2.24) is 15.2 Å². The maximum atomic E-state index is 12.1. The van der Waals surface area contributed by atoms with Gasteiger partial charge >= 0.3 is 0 Å². The first kappa shape index (κ1) is 12.0. The molecule has 1 aliphatic rings. The molecule has 0 aromatic carbocycles. The SMILES string of the molecule is CN(C(=O)Cc1ccccn1)C1CCCNC1. The molecule has 4 nitrogen and oxygen atoms in total. The summed E-state index contributed by atoms with van der Waals surface area (Å²) < 4.78 is 0. The molecule has 92 valence electrons. The van der Waals surface area contributed by atoms with Gasteiger partial charge in [0.15, 0.2) is 0 Å². The van der Waals surface area contributed by atoms with Crippen LogP contribution in [0.1, 0.15) is 18.5 Å². The first-order valence-corrected chi connectivity index (χ1v) is 6.13. The van der Waals surface area contributed by atoms with Crippen molar-refractivity contribution < 1.29 is 4.79 Å². The highest BCUT2D eigenvalue weighted by molar-refractivity contribution is 5.78. The van der Waals surface area contributed by atoms with Gasteiger partial charge in [0, 0.05) is 31.5 Å².